The SMILES string of the molecule is CC(C)(C)CC(C)(OO)c1ccccc1C(C)(CC(C)(C)C)OO. The van der Waals surface area contributed by atoms with Gasteiger partial charge in [-0.2, -0.15) is 0 Å². The Morgan fingerprint density at radius 1 is 0.667 bits per heavy atom. The lowest BCUT2D eigenvalue weighted by Gasteiger charge is -2.39. The van der Waals surface area contributed by atoms with Gasteiger partial charge in [-0.05, 0) is 48.6 Å². The first-order valence-electron chi connectivity index (χ1n) is 8.51. The lowest BCUT2D eigenvalue weighted by molar-refractivity contribution is -0.339. The molecule has 2 atom stereocenters. The van der Waals surface area contributed by atoms with Gasteiger partial charge in [-0.25, -0.2) is 9.78 Å². The van der Waals surface area contributed by atoms with Crippen LogP contribution in [0.15, 0.2) is 24.3 Å². The fourth-order valence-corrected chi connectivity index (χ4v) is 3.78. The van der Waals surface area contributed by atoms with Crippen LogP contribution in [0, 0.1) is 10.8 Å². The molecule has 24 heavy (non-hydrogen) atoms. The molecule has 4 nitrogen and oxygen atoms in total. The first-order valence-corrected chi connectivity index (χ1v) is 8.51. The third kappa shape index (κ3) is 5.28. The van der Waals surface area contributed by atoms with Gasteiger partial charge in [0.15, 0.2) is 0 Å². The van der Waals surface area contributed by atoms with E-state index in [4.69, 9.17) is 9.78 Å². The molecule has 2 N–H and O–H groups in total. The average Bonchev–Trinajstić information content (AvgIpc) is 2.43. The molecule has 4 heteroatoms. The van der Waals surface area contributed by atoms with E-state index in [-0.39, 0.29) is 10.8 Å². The van der Waals surface area contributed by atoms with Crippen molar-refractivity contribution >= 4 is 0 Å². The summed E-state index contributed by atoms with van der Waals surface area (Å²) in [7, 11) is 0. The predicted molar refractivity (Wildman–Crippen MR) is 96.7 cm³/mol. The highest BCUT2D eigenvalue weighted by atomic mass is 17.1. The van der Waals surface area contributed by atoms with E-state index in [1.807, 2.05) is 38.1 Å². The van der Waals surface area contributed by atoms with Crippen molar-refractivity contribution in [2.45, 2.75) is 79.4 Å². The van der Waals surface area contributed by atoms with Gasteiger partial charge in [-0.15, -0.1) is 0 Å². The highest BCUT2D eigenvalue weighted by Crippen LogP contribution is 2.45. The Bertz CT molecular complexity index is 492. The maximum atomic E-state index is 9.69. The zero-order chi connectivity index (χ0) is 18.8. The molecule has 0 aliphatic carbocycles. The number of benzene rings is 1. The van der Waals surface area contributed by atoms with Crippen molar-refractivity contribution in [3.8, 4) is 0 Å². The smallest absolute Gasteiger partial charge is 0.126 e. The summed E-state index contributed by atoms with van der Waals surface area (Å²) in [5.74, 6) is 0. The molecule has 0 saturated carbocycles. The van der Waals surface area contributed by atoms with Gasteiger partial charge in [0, 0.05) is 0 Å². The van der Waals surface area contributed by atoms with Crippen molar-refractivity contribution in [3.05, 3.63) is 35.4 Å². The third-order valence-corrected chi connectivity index (χ3v) is 4.20. The van der Waals surface area contributed by atoms with Crippen LogP contribution in [-0.4, -0.2) is 10.5 Å². The Labute approximate surface area is 146 Å². The fourth-order valence-electron chi connectivity index (χ4n) is 3.78. The van der Waals surface area contributed by atoms with E-state index in [2.05, 4.69) is 41.5 Å². The van der Waals surface area contributed by atoms with Gasteiger partial charge < -0.3 is 0 Å². The van der Waals surface area contributed by atoms with Gasteiger partial charge in [0.2, 0.25) is 0 Å². The average molecular weight is 338 g/mol. The predicted octanol–water partition coefficient (Wildman–Crippen LogP) is 5.97. The first-order chi connectivity index (χ1) is 10.8. The van der Waals surface area contributed by atoms with Crippen LogP contribution >= 0.6 is 0 Å². The van der Waals surface area contributed by atoms with Crippen molar-refractivity contribution in [1.82, 2.24) is 0 Å². The normalized spacial score (nSPS) is 18.1. The molecule has 1 aromatic rings. The second-order valence-corrected chi connectivity index (χ2v) is 9.66. The minimum absolute atomic E-state index is 0.0505. The molecule has 138 valence electrons. The van der Waals surface area contributed by atoms with E-state index in [0.717, 1.165) is 11.1 Å². The third-order valence-electron chi connectivity index (χ3n) is 4.20. The molecule has 0 amide bonds. The Hall–Kier alpha value is -0.940. The van der Waals surface area contributed by atoms with Crippen LogP contribution in [0.1, 0.15) is 79.4 Å². The van der Waals surface area contributed by atoms with Crippen molar-refractivity contribution in [3.63, 3.8) is 0 Å². The standard InChI is InChI=1S/C20H34O4/c1-17(2,3)13-19(7,23-21)15-11-9-10-12-16(15)20(8,24-22)14-18(4,5)6/h9-12,21-22H,13-14H2,1-8H3. The Balaban J connectivity index is 3.47. The molecular formula is C20H34O4. The molecule has 0 radical (unpaired) electrons. The topological polar surface area (TPSA) is 58.9 Å². The Kier molecular flexibility index (Phi) is 6.26. The van der Waals surface area contributed by atoms with Crippen LogP contribution in [0.2, 0.25) is 0 Å². The summed E-state index contributed by atoms with van der Waals surface area (Å²) in [6.45, 7) is 16.3. The molecule has 0 aliphatic heterocycles. The van der Waals surface area contributed by atoms with Crippen LogP contribution in [-0.2, 0) is 21.0 Å². The van der Waals surface area contributed by atoms with Gasteiger partial charge in [0.25, 0.3) is 0 Å². The molecule has 2 unspecified atom stereocenters. The summed E-state index contributed by atoms with van der Waals surface area (Å²) in [6, 6.07) is 7.68. The van der Waals surface area contributed by atoms with Crippen molar-refractivity contribution < 1.29 is 20.3 Å². The molecule has 0 spiro atoms. The van der Waals surface area contributed by atoms with E-state index in [0.29, 0.717) is 12.8 Å². The fraction of sp³-hybridized carbons (Fsp3) is 0.700. The molecule has 0 heterocycles. The largest absolute Gasteiger partial charge is 0.251 e. The monoisotopic (exact) mass is 338 g/mol. The maximum Gasteiger partial charge on any atom is 0.126 e. The quantitative estimate of drug-likeness (QED) is 0.495. The zero-order valence-corrected chi connectivity index (χ0v) is 16.4. The van der Waals surface area contributed by atoms with Gasteiger partial charge in [-0.1, -0.05) is 65.8 Å². The van der Waals surface area contributed by atoms with Gasteiger partial charge in [-0.3, -0.25) is 10.5 Å². The van der Waals surface area contributed by atoms with Crippen molar-refractivity contribution in [1.29, 1.82) is 0 Å². The molecule has 1 rings (SSSR count). The van der Waals surface area contributed by atoms with E-state index in [1.165, 1.54) is 0 Å². The molecule has 0 bridgehead atoms. The van der Waals surface area contributed by atoms with Gasteiger partial charge in [0.05, 0.1) is 0 Å². The van der Waals surface area contributed by atoms with E-state index in [1.54, 1.807) is 0 Å². The lowest BCUT2D eigenvalue weighted by Crippen LogP contribution is -2.37. The van der Waals surface area contributed by atoms with Crippen molar-refractivity contribution in [2.24, 2.45) is 10.8 Å². The van der Waals surface area contributed by atoms with Crippen molar-refractivity contribution in [2.75, 3.05) is 0 Å². The number of rotatable bonds is 6. The minimum atomic E-state index is -0.896. The van der Waals surface area contributed by atoms with Crippen LogP contribution in [0.3, 0.4) is 0 Å². The second kappa shape index (κ2) is 7.12. The second-order valence-electron chi connectivity index (χ2n) is 9.66. The molecule has 1 aromatic carbocycles. The summed E-state index contributed by atoms with van der Waals surface area (Å²) in [5, 5.41) is 19.4. The van der Waals surface area contributed by atoms with Gasteiger partial charge >= 0.3 is 0 Å². The van der Waals surface area contributed by atoms with Gasteiger partial charge in [0.1, 0.15) is 11.2 Å². The summed E-state index contributed by atoms with van der Waals surface area (Å²) in [4.78, 5) is 9.95. The van der Waals surface area contributed by atoms with Crippen LogP contribution in [0.4, 0.5) is 0 Å². The molecule has 0 aromatic heterocycles. The van der Waals surface area contributed by atoms with E-state index >= 15 is 0 Å². The van der Waals surface area contributed by atoms with Crippen LogP contribution in [0.5, 0.6) is 0 Å². The summed E-state index contributed by atoms with van der Waals surface area (Å²) >= 11 is 0. The maximum absolute atomic E-state index is 9.69. The number of hydrogen-bond donors (Lipinski definition) is 2. The minimum Gasteiger partial charge on any atom is -0.251 e. The first kappa shape index (κ1) is 21.1. The molecule has 0 saturated heterocycles. The summed E-state index contributed by atoms with van der Waals surface area (Å²) in [5.41, 5.74) is -0.249. The highest BCUT2D eigenvalue weighted by molar-refractivity contribution is 5.37. The Morgan fingerprint density at radius 3 is 1.17 bits per heavy atom. The summed E-state index contributed by atoms with van der Waals surface area (Å²) in [6.07, 6.45) is 1.23. The molecular weight excluding hydrogens is 304 g/mol. The molecule has 0 fully saturated rings. The van der Waals surface area contributed by atoms with Crippen LogP contribution < -0.4 is 0 Å². The van der Waals surface area contributed by atoms with E-state index in [9.17, 15) is 10.5 Å². The van der Waals surface area contributed by atoms with Crippen LogP contribution in [0.25, 0.3) is 0 Å². The van der Waals surface area contributed by atoms with E-state index < -0.39 is 11.2 Å². The lowest BCUT2D eigenvalue weighted by atomic mass is 9.72. The zero-order valence-electron chi connectivity index (χ0n) is 16.4. The molecule has 0 aliphatic rings. The summed E-state index contributed by atoms with van der Waals surface area (Å²) < 4.78 is 0. The highest BCUT2D eigenvalue weighted by Gasteiger charge is 2.41. The number of hydrogen-bond acceptors (Lipinski definition) is 4. The Morgan fingerprint density at radius 2 is 0.958 bits per heavy atom.